The van der Waals surface area contributed by atoms with Gasteiger partial charge < -0.3 is 4.74 Å². The fourth-order valence-corrected chi connectivity index (χ4v) is 2.19. The lowest BCUT2D eigenvalue weighted by atomic mass is 9.98. The number of rotatable bonds is 7. The predicted molar refractivity (Wildman–Crippen MR) is 80.0 cm³/mol. The summed E-state index contributed by atoms with van der Waals surface area (Å²) in [4.78, 5) is 0. The van der Waals surface area contributed by atoms with Crippen LogP contribution in [0.15, 0.2) is 60.7 Å². The van der Waals surface area contributed by atoms with E-state index in [0.29, 0.717) is 12.5 Å². The summed E-state index contributed by atoms with van der Waals surface area (Å²) in [6, 6.07) is 21.0. The van der Waals surface area contributed by atoms with E-state index in [4.69, 9.17) is 4.74 Å². The van der Waals surface area contributed by atoms with Crippen LogP contribution < -0.4 is 0 Å². The summed E-state index contributed by atoms with van der Waals surface area (Å²) in [6.07, 6.45) is 2.26. The Kier molecular flexibility index (Phi) is 5.64. The molecule has 0 saturated carbocycles. The normalized spacial score (nSPS) is 12.3. The van der Waals surface area contributed by atoms with Gasteiger partial charge in [-0.3, -0.25) is 0 Å². The van der Waals surface area contributed by atoms with Gasteiger partial charge in [-0.2, -0.15) is 0 Å². The third-order valence-electron chi connectivity index (χ3n) is 3.41. The molecule has 0 aliphatic carbocycles. The van der Waals surface area contributed by atoms with Crippen LogP contribution in [-0.4, -0.2) is 6.61 Å². The maximum absolute atomic E-state index is 5.84. The quantitative estimate of drug-likeness (QED) is 0.708. The molecule has 1 unspecified atom stereocenters. The van der Waals surface area contributed by atoms with E-state index in [0.717, 1.165) is 19.4 Å². The lowest BCUT2D eigenvalue weighted by molar-refractivity contribution is 0.0856. The highest BCUT2D eigenvalue weighted by Crippen LogP contribution is 2.13. The summed E-state index contributed by atoms with van der Waals surface area (Å²) in [5.74, 6) is 0.603. The van der Waals surface area contributed by atoms with Crippen LogP contribution in [0.3, 0.4) is 0 Å². The van der Waals surface area contributed by atoms with Crippen molar-refractivity contribution in [2.75, 3.05) is 6.61 Å². The van der Waals surface area contributed by atoms with E-state index < -0.39 is 0 Å². The van der Waals surface area contributed by atoms with Crippen LogP contribution in [0.5, 0.6) is 0 Å². The number of hydrogen-bond donors (Lipinski definition) is 0. The molecule has 0 radical (unpaired) electrons. The van der Waals surface area contributed by atoms with Crippen LogP contribution in [0.4, 0.5) is 0 Å². The van der Waals surface area contributed by atoms with Crippen molar-refractivity contribution in [2.24, 2.45) is 5.92 Å². The first kappa shape index (κ1) is 13.8. The minimum Gasteiger partial charge on any atom is -0.376 e. The molecule has 0 amide bonds. The monoisotopic (exact) mass is 254 g/mol. The van der Waals surface area contributed by atoms with Crippen LogP contribution in [0, 0.1) is 5.92 Å². The van der Waals surface area contributed by atoms with Gasteiger partial charge in [0.25, 0.3) is 0 Å². The minimum absolute atomic E-state index is 0.603. The molecule has 0 N–H and O–H groups in total. The first-order chi connectivity index (χ1) is 9.38. The van der Waals surface area contributed by atoms with Crippen molar-refractivity contribution in [1.82, 2.24) is 0 Å². The topological polar surface area (TPSA) is 9.23 Å². The Labute approximate surface area is 116 Å². The molecule has 1 nitrogen and oxygen atoms in total. The van der Waals surface area contributed by atoms with E-state index >= 15 is 0 Å². The van der Waals surface area contributed by atoms with E-state index in [1.165, 1.54) is 11.1 Å². The van der Waals surface area contributed by atoms with Crippen molar-refractivity contribution in [3.8, 4) is 0 Å². The Morgan fingerprint density at radius 2 is 1.42 bits per heavy atom. The van der Waals surface area contributed by atoms with E-state index in [1.54, 1.807) is 0 Å². The van der Waals surface area contributed by atoms with E-state index in [9.17, 15) is 0 Å². The molecule has 100 valence electrons. The molecular weight excluding hydrogens is 232 g/mol. The van der Waals surface area contributed by atoms with Crippen molar-refractivity contribution in [2.45, 2.75) is 26.4 Å². The van der Waals surface area contributed by atoms with Crippen molar-refractivity contribution in [1.29, 1.82) is 0 Å². The van der Waals surface area contributed by atoms with Crippen molar-refractivity contribution in [3.63, 3.8) is 0 Å². The third-order valence-corrected chi connectivity index (χ3v) is 3.41. The van der Waals surface area contributed by atoms with Crippen molar-refractivity contribution < 1.29 is 4.74 Å². The molecule has 0 fully saturated rings. The predicted octanol–water partition coefficient (Wildman–Crippen LogP) is 4.47. The van der Waals surface area contributed by atoms with Gasteiger partial charge in [0.15, 0.2) is 0 Å². The Morgan fingerprint density at radius 3 is 2.00 bits per heavy atom. The molecule has 2 rings (SSSR count). The van der Waals surface area contributed by atoms with Gasteiger partial charge in [0, 0.05) is 0 Å². The van der Waals surface area contributed by atoms with Crippen LogP contribution >= 0.6 is 0 Å². The standard InChI is InChI=1S/C18H22O/c1-2-16(13-17-9-5-3-6-10-17)14-19-15-18-11-7-4-8-12-18/h3-12,16H,2,13-15H2,1H3. The molecule has 2 aromatic carbocycles. The lowest BCUT2D eigenvalue weighted by Gasteiger charge is -2.15. The number of hydrogen-bond acceptors (Lipinski definition) is 1. The third kappa shape index (κ3) is 4.88. The fourth-order valence-electron chi connectivity index (χ4n) is 2.19. The summed E-state index contributed by atoms with van der Waals surface area (Å²) in [5, 5.41) is 0. The van der Waals surface area contributed by atoms with Gasteiger partial charge in [-0.1, -0.05) is 74.0 Å². The number of benzene rings is 2. The Balaban J connectivity index is 1.77. The van der Waals surface area contributed by atoms with Gasteiger partial charge in [-0.05, 0) is 23.5 Å². The second-order valence-corrected chi connectivity index (χ2v) is 4.96. The molecule has 0 bridgehead atoms. The Morgan fingerprint density at radius 1 is 0.842 bits per heavy atom. The Bertz CT molecular complexity index is 450. The van der Waals surface area contributed by atoms with Gasteiger partial charge in [-0.15, -0.1) is 0 Å². The maximum Gasteiger partial charge on any atom is 0.0717 e. The molecule has 1 heteroatoms. The zero-order valence-electron chi connectivity index (χ0n) is 11.6. The van der Waals surface area contributed by atoms with Gasteiger partial charge in [-0.25, -0.2) is 0 Å². The summed E-state index contributed by atoms with van der Waals surface area (Å²) < 4.78 is 5.84. The first-order valence-corrected chi connectivity index (χ1v) is 7.04. The average Bonchev–Trinajstić information content (AvgIpc) is 2.48. The highest BCUT2D eigenvalue weighted by Gasteiger charge is 2.07. The van der Waals surface area contributed by atoms with Crippen LogP contribution in [0.1, 0.15) is 24.5 Å². The fraction of sp³-hybridized carbons (Fsp3) is 0.333. The van der Waals surface area contributed by atoms with Gasteiger partial charge in [0.2, 0.25) is 0 Å². The molecule has 0 spiro atoms. The lowest BCUT2D eigenvalue weighted by Crippen LogP contribution is -2.11. The summed E-state index contributed by atoms with van der Waals surface area (Å²) in [6.45, 7) is 3.78. The molecule has 0 heterocycles. The first-order valence-electron chi connectivity index (χ1n) is 7.04. The van der Waals surface area contributed by atoms with Crippen LogP contribution in [0.2, 0.25) is 0 Å². The highest BCUT2D eigenvalue weighted by molar-refractivity contribution is 5.15. The summed E-state index contributed by atoms with van der Waals surface area (Å²) >= 11 is 0. The van der Waals surface area contributed by atoms with Crippen molar-refractivity contribution in [3.05, 3.63) is 71.8 Å². The van der Waals surface area contributed by atoms with Gasteiger partial charge in [0.05, 0.1) is 13.2 Å². The molecule has 19 heavy (non-hydrogen) atoms. The van der Waals surface area contributed by atoms with E-state index in [2.05, 4.69) is 61.5 Å². The molecule has 0 aliphatic heterocycles. The Hall–Kier alpha value is -1.60. The number of ether oxygens (including phenoxy) is 1. The zero-order chi connectivity index (χ0) is 13.3. The summed E-state index contributed by atoms with van der Waals surface area (Å²) in [5.41, 5.74) is 2.65. The highest BCUT2D eigenvalue weighted by atomic mass is 16.5. The molecule has 0 aromatic heterocycles. The minimum atomic E-state index is 0.603. The second-order valence-electron chi connectivity index (χ2n) is 4.96. The average molecular weight is 254 g/mol. The van der Waals surface area contributed by atoms with Crippen LogP contribution in [0.25, 0.3) is 0 Å². The molecule has 1 atom stereocenters. The van der Waals surface area contributed by atoms with Crippen LogP contribution in [-0.2, 0) is 17.8 Å². The van der Waals surface area contributed by atoms with Gasteiger partial charge in [0.1, 0.15) is 0 Å². The largest absolute Gasteiger partial charge is 0.376 e. The SMILES string of the molecule is CCC(COCc1ccccc1)Cc1ccccc1. The summed E-state index contributed by atoms with van der Waals surface area (Å²) in [7, 11) is 0. The second kappa shape index (κ2) is 7.75. The molecular formula is C18H22O. The van der Waals surface area contributed by atoms with E-state index in [1.807, 2.05) is 6.07 Å². The smallest absolute Gasteiger partial charge is 0.0717 e. The van der Waals surface area contributed by atoms with E-state index in [-0.39, 0.29) is 0 Å². The van der Waals surface area contributed by atoms with Gasteiger partial charge >= 0.3 is 0 Å². The zero-order valence-corrected chi connectivity index (χ0v) is 11.6. The van der Waals surface area contributed by atoms with Crippen molar-refractivity contribution >= 4 is 0 Å². The molecule has 0 saturated heterocycles. The molecule has 2 aromatic rings. The molecule has 0 aliphatic rings. The maximum atomic E-state index is 5.84.